The van der Waals surface area contributed by atoms with E-state index in [9.17, 15) is 18.5 Å². The molecule has 0 bridgehead atoms. The van der Waals surface area contributed by atoms with Crippen molar-refractivity contribution in [2.24, 2.45) is 0 Å². The van der Waals surface area contributed by atoms with Gasteiger partial charge in [-0.2, -0.15) is 5.10 Å². The molecule has 0 saturated heterocycles. The number of nitrogens with one attached hydrogen (secondary N) is 3. The van der Waals surface area contributed by atoms with Crippen molar-refractivity contribution >= 4 is 27.1 Å². The van der Waals surface area contributed by atoms with Gasteiger partial charge in [0.2, 0.25) is 0 Å². The summed E-state index contributed by atoms with van der Waals surface area (Å²) in [5.41, 5.74) is 4.65. The standard InChI is InChI=1S/C20H23N5O4S/c1-12-5-7-18(13(2)9-12)24-30(28,29)16-6-8-19(20(10-16)25(26)27)21-11-17-14(3)22-23-15(17)4/h5-10,21,24H,11H2,1-4H3,(H,22,23). The average molecular weight is 430 g/mol. The molecular formula is C20H23N5O4S. The molecular weight excluding hydrogens is 406 g/mol. The molecule has 1 aromatic heterocycles. The molecule has 0 aliphatic heterocycles. The first-order chi connectivity index (χ1) is 14.1. The van der Waals surface area contributed by atoms with Crippen LogP contribution in [0.4, 0.5) is 17.1 Å². The van der Waals surface area contributed by atoms with Gasteiger partial charge in [-0.3, -0.25) is 19.9 Å². The number of nitro benzene ring substituents is 1. The Labute approximate surface area is 174 Å². The van der Waals surface area contributed by atoms with Gasteiger partial charge < -0.3 is 5.32 Å². The average Bonchev–Trinajstić information content (AvgIpc) is 3.00. The van der Waals surface area contributed by atoms with Crippen molar-refractivity contribution in [2.75, 3.05) is 10.0 Å². The van der Waals surface area contributed by atoms with Crippen LogP contribution in [0.5, 0.6) is 0 Å². The minimum Gasteiger partial charge on any atom is -0.375 e. The quantitative estimate of drug-likeness (QED) is 0.385. The molecule has 0 spiro atoms. The van der Waals surface area contributed by atoms with Gasteiger partial charge in [0, 0.05) is 23.9 Å². The first-order valence-corrected chi connectivity index (χ1v) is 10.7. The molecule has 3 aromatic rings. The number of hydrogen-bond donors (Lipinski definition) is 3. The fourth-order valence-electron chi connectivity index (χ4n) is 3.13. The smallest absolute Gasteiger partial charge is 0.293 e. The van der Waals surface area contributed by atoms with E-state index >= 15 is 0 Å². The first-order valence-electron chi connectivity index (χ1n) is 9.21. The van der Waals surface area contributed by atoms with Gasteiger partial charge in [-0.15, -0.1) is 0 Å². The Balaban J connectivity index is 1.89. The SMILES string of the molecule is Cc1ccc(NS(=O)(=O)c2ccc(NCc3c(C)n[nH]c3C)c([N+](=O)[O-])c2)c(C)c1. The van der Waals surface area contributed by atoms with Crippen LogP contribution in [0.3, 0.4) is 0 Å². The maximum absolute atomic E-state index is 12.8. The van der Waals surface area contributed by atoms with Crippen molar-refractivity contribution < 1.29 is 13.3 Å². The Morgan fingerprint density at radius 1 is 1.07 bits per heavy atom. The third-order valence-electron chi connectivity index (χ3n) is 4.84. The summed E-state index contributed by atoms with van der Waals surface area (Å²) in [6, 6.07) is 9.12. The van der Waals surface area contributed by atoms with Crippen LogP contribution in [0.1, 0.15) is 28.1 Å². The van der Waals surface area contributed by atoms with E-state index in [4.69, 9.17) is 0 Å². The normalized spacial score (nSPS) is 11.3. The maximum Gasteiger partial charge on any atom is 0.293 e. The summed E-state index contributed by atoms with van der Waals surface area (Å²) in [4.78, 5) is 10.8. The predicted octanol–water partition coefficient (Wildman–Crippen LogP) is 3.96. The van der Waals surface area contributed by atoms with Crippen molar-refractivity contribution in [3.63, 3.8) is 0 Å². The van der Waals surface area contributed by atoms with E-state index in [0.717, 1.165) is 34.1 Å². The number of aryl methyl sites for hydroxylation is 4. The number of aromatic nitrogens is 2. The zero-order valence-electron chi connectivity index (χ0n) is 17.1. The predicted molar refractivity (Wildman–Crippen MR) is 115 cm³/mol. The summed E-state index contributed by atoms with van der Waals surface area (Å²) < 4.78 is 28.1. The number of benzene rings is 2. The van der Waals surface area contributed by atoms with Crippen molar-refractivity contribution in [3.8, 4) is 0 Å². The molecule has 1 heterocycles. The molecule has 30 heavy (non-hydrogen) atoms. The summed E-state index contributed by atoms with van der Waals surface area (Å²) in [5, 5.41) is 21.5. The van der Waals surface area contributed by atoms with Crippen LogP contribution in [0.25, 0.3) is 0 Å². The highest BCUT2D eigenvalue weighted by molar-refractivity contribution is 7.92. The van der Waals surface area contributed by atoms with Crippen LogP contribution in [0, 0.1) is 37.8 Å². The highest BCUT2D eigenvalue weighted by Gasteiger charge is 2.22. The van der Waals surface area contributed by atoms with Gasteiger partial charge in [0.15, 0.2) is 0 Å². The summed E-state index contributed by atoms with van der Waals surface area (Å²) in [7, 11) is -3.99. The van der Waals surface area contributed by atoms with Crippen molar-refractivity contribution in [3.05, 3.63) is 74.6 Å². The van der Waals surface area contributed by atoms with Gasteiger partial charge in [0.05, 0.1) is 21.2 Å². The maximum atomic E-state index is 12.8. The van der Waals surface area contributed by atoms with Gasteiger partial charge in [0.25, 0.3) is 15.7 Å². The number of rotatable bonds is 7. The lowest BCUT2D eigenvalue weighted by atomic mass is 10.1. The topological polar surface area (TPSA) is 130 Å². The molecule has 0 radical (unpaired) electrons. The van der Waals surface area contributed by atoms with E-state index < -0.39 is 14.9 Å². The summed E-state index contributed by atoms with van der Waals surface area (Å²) in [5.74, 6) is 0. The van der Waals surface area contributed by atoms with E-state index in [-0.39, 0.29) is 16.3 Å². The van der Waals surface area contributed by atoms with Gasteiger partial charge in [-0.25, -0.2) is 8.42 Å². The Morgan fingerprint density at radius 2 is 1.77 bits per heavy atom. The van der Waals surface area contributed by atoms with Crippen LogP contribution in [-0.4, -0.2) is 23.5 Å². The molecule has 3 rings (SSSR count). The zero-order valence-corrected chi connectivity index (χ0v) is 17.9. The molecule has 158 valence electrons. The Bertz CT molecular complexity index is 1200. The van der Waals surface area contributed by atoms with E-state index in [1.165, 1.54) is 12.1 Å². The van der Waals surface area contributed by atoms with Crippen molar-refractivity contribution in [1.29, 1.82) is 0 Å². The van der Waals surface area contributed by atoms with E-state index in [0.29, 0.717) is 12.2 Å². The molecule has 0 atom stereocenters. The fourth-order valence-corrected chi connectivity index (χ4v) is 4.28. The molecule has 0 fully saturated rings. The number of nitro groups is 1. The van der Waals surface area contributed by atoms with Crippen LogP contribution in [-0.2, 0) is 16.6 Å². The molecule has 0 amide bonds. The molecule has 9 nitrogen and oxygen atoms in total. The number of anilines is 2. The van der Waals surface area contributed by atoms with E-state index in [2.05, 4.69) is 20.2 Å². The monoisotopic (exact) mass is 429 g/mol. The largest absolute Gasteiger partial charge is 0.375 e. The number of sulfonamides is 1. The first kappa shape index (κ1) is 21.3. The highest BCUT2D eigenvalue weighted by Crippen LogP contribution is 2.30. The lowest BCUT2D eigenvalue weighted by molar-refractivity contribution is -0.384. The van der Waals surface area contributed by atoms with E-state index in [1.54, 1.807) is 19.1 Å². The number of aromatic amines is 1. The summed E-state index contributed by atoms with van der Waals surface area (Å²) >= 11 is 0. The molecule has 2 aromatic carbocycles. The number of hydrogen-bond acceptors (Lipinski definition) is 6. The third-order valence-corrected chi connectivity index (χ3v) is 6.20. The molecule has 0 aliphatic rings. The van der Waals surface area contributed by atoms with Gasteiger partial charge >= 0.3 is 0 Å². The van der Waals surface area contributed by atoms with Crippen LogP contribution in [0.2, 0.25) is 0 Å². The molecule has 10 heteroatoms. The van der Waals surface area contributed by atoms with Gasteiger partial charge in [-0.05, 0) is 51.5 Å². The lowest BCUT2D eigenvalue weighted by Crippen LogP contribution is -2.14. The molecule has 3 N–H and O–H groups in total. The molecule has 0 aliphatic carbocycles. The number of nitrogens with zero attached hydrogens (tertiary/aromatic N) is 2. The summed E-state index contributed by atoms with van der Waals surface area (Å²) in [6.45, 7) is 7.72. The van der Waals surface area contributed by atoms with Crippen LogP contribution >= 0.6 is 0 Å². The third kappa shape index (κ3) is 4.43. The Morgan fingerprint density at radius 3 is 2.37 bits per heavy atom. The van der Waals surface area contributed by atoms with Gasteiger partial charge in [0.1, 0.15) is 5.69 Å². The minimum atomic E-state index is -3.99. The highest BCUT2D eigenvalue weighted by atomic mass is 32.2. The molecule has 0 saturated carbocycles. The number of H-pyrrole nitrogens is 1. The second-order valence-electron chi connectivity index (χ2n) is 7.13. The Hall–Kier alpha value is -3.40. The van der Waals surface area contributed by atoms with Crippen molar-refractivity contribution in [1.82, 2.24) is 10.2 Å². The second-order valence-corrected chi connectivity index (χ2v) is 8.81. The van der Waals surface area contributed by atoms with Gasteiger partial charge in [-0.1, -0.05) is 17.7 Å². The fraction of sp³-hybridized carbons (Fsp3) is 0.250. The van der Waals surface area contributed by atoms with E-state index in [1.807, 2.05) is 26.8 Å². The lowest BCUT2D eigenvalue weighted by Gasteiger charge is -2.12. The summed E-state index contributed by atoms with van der Waals surface area (Å²) in [6.07, 6.45) is 0. The molecule has 0 unspecified atom stereocenters. The zero-order chi connectivity index (χ0) is 22.1. The van der Waals surface area contributed by atoms with Crippen LogP contribution < -0.4 is 10.0 Å². The van der Waals surface area contributed by atoms with Crippen LogP contribution in [0.15, 0.2) is 41.3 Å². The van der Waals surface area contributed by atoms with Crippen molar-refractivity contribution in [2.45, 2.75) is 39.1 Å². The minimum absolute atomic E-state index is 0.185. The second kappa shape index (κ2) is 8.15. The Kier molecular flexibility index (Phi) is 5.79.